The lowest BCUT2D eigenvalue weighted by Crippen LogP contribution is -2.14. The molecule has 0 aromatic heterocycles. The maximum atomic E-state index is 13.8. The highest BCUT2D eigenvalue weighted by molar-refractivity contribution is 9.10. The Morgan fingerprint density at radius 2 is 1.77 bits per heavy atom. The van der Waals surface area contributed by atoms with Crippen molar-refractivity contribution in [2.24, 2.45) is 0 Å². The predicted molar refractivity (Wildman–Crippen MR) is 103 cm³/mol. The predicted octanol–water partition coefficient (Wildman–Crippen LogP) is 5.67. The molecule has 2 aromatic carbocycles. The summed E-state index contributed by atoms with van der Waals surface area (Å²) in [7, 11) is -5.60. The van der Waals surface area contributed by atoms with Crippen LogP contribution in [-0.2, 0) is 21.6 Å². The lowest BCUT2D eigenvalue weighted by atomic mass is 10.1. The second-order valence-corrected chi connectivity index (χ2v) is 8.79. The van der Waals surface area contributed by atoms with E-state index in [-0.39, 0.29) is 11.1 Å². The van der Waals surface area contributed by atoms with Gasteiger partial charge in [-0.2, -0.15) is 8.78 Å². The van der Waals surface area contributed by atoms with Crippen LogP contribution in [-0.4, -0.2) is 16.4 Å². The minimum absolute atomic E-state index is 0.0858. The Labute approximate surface area is 166 Å². The number of halogens is 4. The first-order valence-corrected chi connectivity index (χ1v) is 10.5. The first kappa shape index (κ1) is 21.4. The van der Waals surface area contributed by atoms with Crippen LogP contribution in [0.15, 0.2) is 57.5 Å². The van der Waals surface area contributed by atoms with Gasteiger partial charge in [-0.15, -0.1) is 0 Å². The van der Waals surface area contributed by atoms with Crippen molar-refractivity contribution in [1.29, 1.82) is 0 Å². The second-order valence-electron chi connectivity index (χ2n) is 5.37. The van der Waals surface area contributed by atoms with Crippen molar-refractivity contribution in [2.45, 2.75) is 12.3 Å². The average Bonchev–Trinajstić information content (AvgIpc) is 2.55. The van der Waals surface area contributed by atoms with Gasteiger partial charge in [0.25, 0.3) is 0 Å². The molecular weight excluding hydrogens is 497 g/mol. The number of hydrogen-bond acceptors (Lipinski definition) is 2. The molecule has 2 N–H and O–H groups in total. The highest BCUT2D eigenvalue weighted by atomic mass is 79.9. The molecule has 0 saturated carbocycles. The van der Waals surface area contributed by atoms with Crippen molar-refractivity contribution in [3.63, 3.8) is 0 Å². The molecule has 9 heteroatoms. The van der Waals surface area contributed by atoms with Gasteiger partial charge in [0, 0.05) is 14.5 Å². The summed E-state index contributed by atoms with van der Waals surface area (Å²) in [5.74, 6) is 0. The van der Waals surface area contributed by atoms with Crippen molar-refractivity contribution in [1.82, 2.24) is 0 Å². The van der Waals surface area contributed by atoms with Crippen molar-refractivity contribution in [2.75, 3.05) is 6.61 Å². The molecule has 0 spiro atoms. The molecule has 0 aliphatic carbocycles. The molecule has 0 unspecified atom stereocenters. The van der Waals surface area contributed by atoms with Crippen LogP contribution in [0.1, 0.15) is 16.7 Å². The Morgan fingerprint density at radius 1 is 1.12 bits per heavy atom. The Morgan fingerprint density at radius 3 is 2.35 bits per heavy atom. The summed E-state index contributed by atoms with van der Waals surface area (Å²) >= 11 is 6.29. The highest BCUT2D eigenvalue weighted by Crippen LogP contribution is 2.60. The van der Waals surface area contributed by atoms with Gasteiger partial charge in [-0.25, -0.2) is 0 Å². The smallest absolute Gasteiger partial charge is 0.373 e. The van der Waals surface area contributed by atoms with E-state index in [9.17, 15) is 13.3 Å². The van der Waals surface area contributed by atoms with Crippen LogP contribution < -0.4 is 0 Å². The molecule has 0 aliphatic rings. The first-order chi connectivity index (χ1) is 12.1. The van der Waals surface area contributed by atoms with E-state index in [2.05, 4.69) is 31.9 Å². The summed E-state index contributed by atoms with van der Waals surface area (Å²) in [6, 6.07) is 11.4. The standard InChI is InChI=1S/C17H15Br2F2O4P/c18-14-6-3-12(4-7-14)2-1-9-25-11-13-5-8-15(16(19)10-13)17(20,21)26(22,23)24/h1-8,10H,9,11H2,(H2,22,23,24)/b2-1+. The van der Waals surface area contributed by atoms with Crippen molar-refractivity contribution < 1.29 is 27.9 Å². The summed E-state index contributed by atoms with van der Waals surface area (Å²) in [5.41, 5.74) is -3.40. The van der Waals surface area contributed by atoms with Gasteiger partial charge < -0.3 is 14.5 Å². The summed E-state index contributed by atoms with van der Waals surface area (Å²) < 4.78 is 44.8. The molecule has 0 radical (unpaired) electrons. The fourth-order valence-corrected chi connectivity index (χ4v) is 3.65. The zero-order valence-electron chi connectivity index (χ0n) is 13.3. The zero-order chi connectivity index (χ0) is 19.4. The molecule has 0 atom stereocenters. The first-order valence-electron chi connectivity index (χ1n) is 7.33. The van der Waals surface area contributed by atoms with E-state index in [0.29, 0.717) is 12.2 Å². The topological polar surface area (TPSA) is 66.8 Å². The van der Waals surface area contributed by atoms with Gasteiger partial charge in [0.05, 0.1) is 13.2 Å². The third-order valence-electron chi connectivity index (χ3n) is 3.39. The van der Waals surface area contributed by atoms with Gasteiger partial charge in [0.15, 0.2) is 0 Å². The summed E-state index contributed by atoms with van der Waals surface area (Å²) in [4.78, 5) is 17.6. The molecule has 0 amide bonds. The number of benzene rings is 2. The quantitative estimate of drug-likeness (QED) is 0.371. The molecule has 0 bridgehead atoms. The van der Waals surface area contributed by atoms with Crippen molar-refractivity contribution in [3.8, 4) is 0 Å². The fourth-order valence-electron chi connectivity index (χ4n) is 2.05. The number of alkyl halides is 2. The molecule has 2 aromatic rings. The van der Waals surface area contributed by atoms with E-state index in [0.717, 1.165) is 16.1 Å². The van der Waals surface area contributed by atoms with Crippen LogP contribution in [0.2, 0.25) is 0 Å². The Kier molecular flexibility index (Phi) is 7.30. The third-order valence-corrected chi connectivity index (χ3v) is 5.54. The normalized spacial score (nSPS) is 12.7. The number of hydrogen-bond donors (Lipinski definition) is 2. The van der Waals surface area contributed by atoms with Gasteiger partial charge in [-0.1, -0.05) is 68.3 Å². The van der Waals surface area contributed by atoms with Crippen LogP contribution in [0.4, 0.5) is 8.78 Å². The lowest BCUT2D eigenvalue weighted by molar-refractivity contribution is 0.0556. The monoisotopic (exact) mass is 510 g/mol. The molecule has 4 nitrogen and oxygen atoms in total. The molecule has 0 aliphatic heterocycles. The molecule has 0 heterocycles. The van der Waals surface area contributed by atoms with Gasteiger partial charge >= 0.3 is 13.3 Å². The van der Waals surface area contributed by atoms with Crippen LogP contribution in [0, 0.1) is 0 Å². The average molecular weight is 512 g/mol. The Bertz CT molecular complexity index is 835. The molecule has 26 heavy (non-hydrogen) atoms. The lowest BCUT2D eigenvalue weighted by Gasteiger charge is -2.19. The highest BCUT2D eigenvalue weighted by Gasteiger charge is 2.51. The van der Waals surface area contributed by atoms with Crippen LogP contribution in [0.25, 0.3) is 6.08 Å². The summed E-state index contributed by atoms with van der Waals surface area (Å²) in [6.45, 7) is 0.499. The fraction of sp³-hybridized carbons (Fsp3) is 0.176. The maximum absolute atomic E-state index is 13.8. The second kappa shape index (κ2) is 8.87. The van der Waals surface area contributed by atoms with Crippen molar-refractivity contribution >= 4 is 45.5 Å². The van der Waals surface area contributed by atoms with Gasteiger partial charge in [-0.3, -0.25) is 4.57 Å². The van der Waals surface area contributed by atoms with Crippen molar-refractivity contribution in [3.05, 3.63) is 74.2 Å². The minimum atomic E-state index is -5.60. The van der Waals surface area contributed by atoms with E-state index < -0.39 is 18.8 Å². The molecule has 140 valence electrons. The third kappa shape index (κ3) is 5.55. The largest absolute Gasteiger partial charge is 0.399 e. The van der Waals surface area contributed by atoms with Gasteiger partial charge in [-0.05, 0) is 29.3 Å². The van der Waals surface area contributed by atoms with Gasteiger partial charge in [0.2, 0.25) is 0 Å². The van der Waals surface area contributed by atoms with E-state index in [1.165, 1.54) is 12.1 Å². The van der Waals surface area contributed by atoms with E-state index in [4.69, 9.17) is 14.5 Å². The molecular formula is C17H15Br2F2O4P. The summed E-state index contributed by atoms with van der Waals surface area (Å²) in [5, 5.41) is 0. The number of ether oxygens (including phenoxy) is 1. The SMILES string of the molecule is O=P(O)(O)C(F)(F)c1ccc(COC/C=C/c2ccc(Br)cc2)cc1Br. The van der Waals surface area contributed by atoms with Gasteiger partial charge in [0.1, 0.15) is 0 Å². The Hall–Kier alpha value is -0.890. The Balaban J connectivity index is 1.94. The van der Waals surface area contributed by atoms with Crippen LogP contribution >= 0.6 is 39.5 Å². The zero-order valence-corrected chi connectivity index (χ0v) is 17.3. The molecule has 0 fully saturated rings. The van der Waals surface area contributed by atoms with E-state index in [1.807, 2.05) is 36.4 Å². The maximum Gasteiger partial charge on any atom is 0.399 e. The molecule has 2 rings (SSSR count). The van der Waals surface area contributed by atoms with E-state index in [1.54, 1.807) is 0 Å². The molecule has 0 saturated heterocycles. The van der Waals surface area contributed by atoms with E-state index >= 15 is 0 Å². The number of rotatable bonds is 7. The summed E-state index contributed by atoms with van der Waals surface area (Å²) in [6.07, 6.45) is 3.72. The minimum Gasteiger partial charge on any atom is -0.373 e. The van der Waals surface area contributed by atoms with Crippen LogP contribution in [0.3, 0.4) is 0 Å². The van der Waals surface area contributed by atoms with Crippen LogP contribution in [0.5, 0.6) is 0 Å².